The van der Waals surface area contributed by atoms with Crippen LogP contribution in [0.1, 0.15) is 46.0 Å². The topological polar surface area (TPSA) is 72.8 Å². The van der Waals surface area contributed by atoms with E-state index in [9.17, 15) is 14.7 Å². The highest BCUT2D eigenvalue weighted by atomic mass is 16.5. The maximum atomic E-state index is 12.2. The Kier molecular flexibility index (Phi) is 3.83. The normalized spacial score (nSPS) is 42.9. The van der Waals surface area contributed by atoms with Gasteiger partial charge in [-0.1, -0.05) is 19.9 Å². The van der Waals surface area contributed by atoms with E-state index in [0.29, 0.717) is 25.6 Å². The van der Waals surface area contributed by atoms with Crippen molar-refractivity contribution in [1.82, 2.24) is 0 Å². The SMILES string of the molecule is C[C@@H]1CC[C@@]23COC(=O)C2=CC[C@H](O)[C@@H]3[C@@]1(C)CCC1=CC(=O)OC1. The van der Waals surface area contributed by atoms with E-state index < -0.39 is 6.10 Å². The molecule has 2 aliphatic carbocycles. The van der Waals surface area contributed by atoms with Gasteiger partial charge in [0.2, 0.25) is 0 Å². The molecule has 0 bridgehead atoms. The zero-order chi connectivity index (χ0) is 17.8. The third-order valence-electron chi connectivity index (χ3n) is 7.33. The fraction of sp³-hybridized carbons (Fsp3) is 0.700. The number of cyclic esters (lactones) is 2. The molecule has 1 spiro atoms. The van der Waals surface area contributed by atoms with Gasteiger partial charge >= 0.3 is 11.9 Å². The van der Waals surface area contributed by atoms with Gasteiger partial charge in [-0.25, -0.2) is 9.59 Å². The molecule has 25 heavy (non-hydrogen) atoms. The number of carbonyl (C=O) groups excluding carboxylic acids is 2. The minimum Gasteiger partial charge on any atom is -0.461 e. The molecule has 0 radical (unpaired) electrons. The van der Waals surface area contributed by atoms with Gasteiger partial charge in [0, 0.05) is 23.0 Å². The van der Waals surface area contributed by atoms with Gasteiger partial charge < -0.3 is 14.6 Å². The van der Waals surface area contributed by atoms with Crippen LogP contribution in [0.2, 0.25) is 0 Å². The van der Waals surface area contributed by atoms with Gasteiger partial charge in [0.25, 0.3) is 0 Å². The largest absolute Gasteiger partial charge is 0.461 e. The van der Waals surface area contributed by atoms with Crippen molar-refractivity contribution in [2.75, 3.05) is 13.2 Å². The lowest BCUT2D eigenvalue weighted by molar-refractivity contribution is -0.137. The highest BCUT2D eigenvalue weighted by Crippen LogP contribution is 2.63. The summed E-state index contributed by atoms with van der Waals surface area (Å²) in [5.74, 6) is -0.0161. The molecule has 0 aromatic heterocycles. The van der Waals surface area contributed by atoms with E-state index in [-0.39, 0.29) is 28.7 Å². The Balaban J connectivity index is 1.66. The molecule has 0 unspecified atom stereocenters. The minimum atomic E-state index is -0.457. The van der Waals surface area contributed by atoms with E-state index >= 15 is 0 Å². The van der Waals surface area contributed by atoms with Crippen molar-refractivity contribution >= 4 is 11.9 Å². The first-order valence-electron chi connectivity index (χ1n) is 9.29. The standard InChI is InChI=1S/C20H26O5/c1-12-5-8-20-11-25-18(23)14(20)3-4-15(21)17(20)19(12,2)7-6-13-9-16(22)24-10-13/h3,9,12,15,17,21H,4-8,10-11H2,1-2H3/t12-,15+,17-,19+,20-/m1/s1. The second-order valence-corrected chi connectivity index (χ2v) is 8.49. The van der Waals surface area contributed by atoms with E-state index in [1.54, 1.807) is 6.08 Å². The van der Waals surface area contributed by atoms with Crippen molar-refractivity contribution in [3.8, 4) is 0 Å². The lowest BCUT2D eigenvalue weighted by Gasteiger charge is -2.58. The second kappa shape index (κ2) is 5.70. The molecule has 2 heterocycles. The number of aliphatic hydroxyl groups is 1. The number of hydrogen-bond acceptors (Lipinski definition) is 5. The molecule has 5 heteroatoms. The van der Waals surface area contributed by atoms with Gasteiger partial charge in [-0.2, -0.15) is 0 Å². The summed E-state index contributed by atoms with van der Waals surface area (Å²) in [6.45, 7) is 5.27. The number of hydrogen-bond donors (Lipinski definition) is 1. The maximum absolute atomic E-state index is 12.2. The molecule has 136 valence electrons. The van der Waals surface area contributed by atoms with Crippen molar-refractivity contribution in [1.29, 1.82) is 0 Å². The molecule has 5 atom stereocenters. The average molecular weight is 346 g/mol. The van der Waals surface area contributed by atoms with Gasteiger partial charge in [0.1, 0.15) is 13.2 Å². The molecule has 2 aliphatic heterocycles. The van der Waals surface area contributed by atoms with Crippen LogP contribution in [0, 0.1) is 22.7 Å². The van der Waals surface area contributed by atoms with Crippen LogP contribution in [0.25, 0.3) is 0 Å². The zero-order valence-electron chi connectivity index (χ0n) is 14.9. The van der Waals surface area contributed by atoms with E-state index in [1.165, 1.54) is 0 Å². The maximum Gasteiger partial charge on any atom is 0.334 e. The lowest BCUT2D eigenvalue weighted by Crippen LogP contribution is -2.56. The average Bonchev–Trinajstić information content (AvgIpc) is 3.13. The number of carbonyl (C=O) groups is 2. The molecule has 0 aromatic carbocycles. The first kappa shape index (κ1) is 16.8. The van der Waals surface area contributed by atoms with Crippen molar-refractivity contribution in [2.45, 2.75) is 52.1 Å². The van der Waals surface area contributed by atoms with Crippen molar-refractivity contribution in [3.63, 3.8) is 0 Å². The summed E-state index contributed by atoms with van der Waals surface area (Å²) in [7, 11) is 0. The Morgan fingerprint density at radius 2 is 2.12 bits per heavy atom. The van der Waals surface area contributed by atoms with E-state index in [2.05, 4.69) is 13.8 Å². The first-order valence-corrected chi connectivity index (χ1v) is 9.29. The molecule has 5 nitrogen and oxygen atoms in total. The summed E-state index contributed by atoms with van der Waals surface area (Å²) in [4.78, 5) is 23.5. The predicted molar refractivity (Wildman–Crippen MR) is 90.4 cm³/mol. The van der Waals surface area contributed by atoms with E-state index in [0.717, 1.165) is 36.8 Å². The predicted octanol–water partition coefficient (Wildman–Crippen LogP) is 2.54. The molecule has 1 saturated carbocycles. The number of esters is 2. The molecular formula is C20H26O5. The summed E-state index contributed by atoms with van der Waals surface area (Å²) in [5, 5.41) is 10.9. The molecule has 1 saturated heterocycles. The molecule has 1 N–H and O–H groups in total. The minimum absolute atomic E-state index is 0.00817. The number of ether oxygens (including phenoxy) is 2. The van der Waals surface area contributed by atoms with Gasteiger partial charge in [0.15, 0.2) is 0 Å². The third kappa shape index (κ3) is 2.39. The third-order valence-corrected chi connectivity index (χ3v) is 7.33. The van der Waals surface area contributed by atoms with Crippen LogP contribution in [0.3, 0.4) is 0 Å². The summed E-state index contributed by atoms with van der Waals surface area (Å²) in [6.07, 6.45) is 7.14. The summed E-state index contributed by atoms with van der Waals surface area (Å²) in [5.41, 5.74) is 1.36. The van der Waals surface area contributed by atoms with Crippen molar-refractivity contribution in [2.24, 2.45) is 22.7 Å². The fourth-order valence-corrected chi connectivity index (χ4v) is 5.77. The van der Waals surface area contributed by atoms with Crippen LogP contribution in [0.5, 0.6) is 0 Å². The van der Waals surface area contributed by atoms with Crippen LogP contribution in [-0.2, 0) is 19.1 Å². The molecule has 2 fully saturated rings. The molecule has 0 aromatic rings. The van der Waals surface area contributed by atoms with E-state index in [4.69, 9.17) is 9.47 Å². The van der Waals surface area contributed by atoms with Crippen molar-refractivity contribution < 1.29 is 24.2 Å². The number of rotatable bonds is 3. The van der Waals surface area contributed by atoms with Crippen LogP contribution < -0.4 is 0 Å². The van der Waals surface area contributed by atoms with Crippen LogP contribution in [-0.4, -0.2) is 36.4 Å². The highest BCUT2D eigenvalue weighted by molar-refractivity contribution is 5.92. The lowest BCUT2D eigenvalue weighted by atomic mass is 9.46. The second-order valence-electron chi connectivity index (χ2n) is 8.49. The summed E-state index contributed by atoms with van der Waals surface area (Å²) in [6, 6.07) is 0. The Labute approximate surface area is 148 Å². The number of aliphatic hydroxyl groups excluding tert-OH is 1. The Morgan fingerprint density at radius 1 is 1.32 bits per heavy atom. The van der Waals surface area contributed by atoms with Crippen molar-refractivity contribution in [3.05, 3.63) is 23.3 Å². The summed E-state index contributed by atoms with van der Waals surface area (Å²) >= 11 is 0. The van der Waals surface area contributed by atoms with Gasteiger partial charge in [-0.3, -0.25) is 0 Å². The van der Waals surface area contributed by atoms with Gasteiger partial charge in [-0.05, 0) is 49.0 Å². The Hall–Kier alpha value is -1.62. The fourth-order valence-electron chi connectivity index (χ4n) is 5.77. The smallest absolute Gasteiger partial charge is 0.334 e. The first-order chi connectivity index (χ1) is 11.9. The summed E-state index contributed by atoms with van der Waals surface area (Å²) < 4.78 is 10.5. The highest BCUT2D eigenvalue weighted by Gasteiger charge is 2.63. The van der Waals surface area contributed by atoms with Crippen LogP contribution in [0.4, 0.5) is 0 Å². The Morgan fingerprint density at radius 3 is 2.84 bits per heavy atom. The van der Waals surface area contributed by atoms with Crippen LogP contribution >= 0.6 is 0 Å². The molecule has 0 amide bonds. The molecule has 4 aliphatic rings. The Bertz CT molecular complexity index is 678. The van der Waals surface area contributed by atoms with Gasteiger partial charge in [0.05, 0.1) is 6.10 Å². The van der Waals surface area contributed by atoms with Gasteiger partial charge in [-0.15, -0.1) is 0 Å². The molecular weight excluding hydrogens is 320 g/mol. The zero-order valence-corrected chi connectivity index (χ0v) is 14.9. The molecule has 4 rings (SSSR count). The quantitative estimate of drug-likeness (QED) is 0.795. The van der Waals surface area contributed by atoms with Crippen LogP contribution in [0.15, 0.2) is 23.3 Å². The monoisotopic (exact) mass is 346 g/mol. The van der Waals surface area contributed by atoms with E-state index in [1.807, 2.05) is 6.08 Å².